The monoisotopic (exact) mass is 224 g/mol. The quantitative estimate of drug-likeness (QED) is 0.780. The van der Waals surface area contributed by atoms with Gasteiger partial charge in [-0.15, -0.1) is 0 Å². The molecule has 4 saturated heterocycles. The van der Waals surface area contributed by atoms with Crippen LogP contribution in [-0.4, -0.2) is 49.8 Å². The third kappa shape index (κ3) is 2.41. The molecule has 0 radical (unpaired) electrons. The molecule has 0 spiro atoms. The molecule has 0 aromatic rings. The minimum absolute atomic E-state index is 0.490. The molecule has 4 aliphatic rings. The van der Waals surface area contributed by atoms with Crippen LogP contribution in [0.4, 0.5) is 0 Å². The first-order chi connectivity index (χ1) is 7.92. The molecule has 0 aliphatic carbocycles. The normalized spacial score (nSPS) is 43.5. The minimum Gasteiger partial charge on any atom is -0.377 e. The van der Waals surface area contributed by atoms with E-state index < -0.39 is 0 Å². The Morgan fingerprint density at radius 2 is 2.00 bits per heavy atom. The summed E-state index contributed by atoms with van der Waals surface area (Å²) in [5, 5.41) is 3.76. The zero-order valence-electron chi connectivity index (χ0n) is 10.2. The van der Waals surface area contributed by atoms with Gasteiger partial charge >= 0.3 is 0 Å². The Bertz CT molecular complexity index is 220. The van der Waals surface area contributed by atoms with E-state index in [0.717, 1.165) is 25.1 Å². The maximum Gasteiger partial charge on any atom is 0.0699 e. The standard InChI is InChI=1S/C13H24N2O/c1-2-8-16-12(3-1)9-14-13-10-15-6-4-11(13)5-7-15/h11-14H,1-10H2. The van der Waals surface area contributed by atoms with Gasteiger partial charge in [0.15, 0.2) is 0 Å². The maximum absolute atomic E-state index is 5.77. The van der Waals surface area contributed by atoms with Gasteiger partial charge in [-0.1, -0.05) is 0 Å². The van der Waals surface area contributed by atoms with E-state index >= 15 is 0 Å². The topological polar surface area (TPSA) is 24.5 Å². The zero-order valence-corrected chi connectivity index (χ0v) is 10.2. The highest BCUT2D eigenvalue weighted by Crippen LogP contribution is 2.27. The van der Waals surface area contributed by atoms with Crippen molar-refractivity contribution >= 4 is 0 Å². The fraction of sp³-hybridized carbons (Fsp3) is 1.00. The van der Waals surface area contributed by atoms with Crippen LogP contribution in [0, 0.1) is 5.92 Å². The minimum atomic E-state index is 0.490. The zero-order chi connectivity index (χ0) is 10.8. The molecule has 16 heavy (non-hydrogen) atoms. The van der Waals surface area contributed by atoms with Gasteiger partial charge in [0.25, 0.3) is 0 Å². The van der Waals surface area contributed by atoms with Crippen LogP contribution < -0.4 is 5.32 Å². The van der Waals surface area contributed by atoms with Crippen molar-refractivity contribution in [2.45, 2.75) is 44.2 Å². The van der Waals surface area contributed by atoms with Crippen LogP contribution in [0.25, 0.3) is 0 Å². The van der Waals surface area contributed by atoms with E-state index in [1.165, 1.54) is 51.7 Å². The average Bonchev–Trinajstić information content (AvgIpc) is 2.39. The van der Waals surface area contributed by atoms with Crippen molar-refractivity contribution in [1.29, 1.82) is 0 Å². The Labute approximate surface area is 98.5 Å². The Morgan fingerprint density at radius 3 is 2.62 bits per heavy atom. The van der Waals surface area contributed by atoms with Crippen molar-refractivity contribution in [3.63, 3.8) is 0 Å². The first-order valence-corrected chi connectivity index (χ1v) is 6.99. The summed E-state index contributed by atoms with van der Waals surface area (Å²) < 4.78 is 5.77. The van der Waals surface area contributed by atoms with Gasteiger partial charge in [-0.25, -0.2) is 0 Å². The molecule has 4 aliphatic heterocycles. The number of hydrogen-bond acceptors (Lipinski definition) is 3. The van der Waals surface area contributed by atoms with Crippen LogP contribution >= 0.6 is 0 Å². The molecule has 2 bridgehead atoms. The molecule has 2 atom stereocenters. The molecule has 0 aromatic heterocycles. The number of nitrogens with zero attached hydrogens (tertiary/aromatic N) is 1. The number of hydrogen-bond donors (Lipinski definition) is 1. The number of fused-ring (bicyclic) bond motifs is 3. The van der Waals surface area contributed by atoms with E-state index in [-0.39, 0.29) is 0 Å². The summed E-state index contributed by atoms with van der Waals surface area (Å²) in [6, 6.07) is 0.744. The van der Waals surface area contributed by atoms with Crippen molar-refractivity contribution in [2.75, 3.05) is 32.8 Å². The lowest BCUT2D eigenvalue weighted by atomic mass is 9.84. The molecule has 0 aromatic carbocycles. The summed E-state index contributed by atoms with van der Waals surface area (Å²) >= 11 is 0. The molecule has 1 N–H and O–H groups in total. The molecule has 0 amide bonds. The van der Waals surface area contributed by atoms with Gasteiger partial charge in [0.2, 0.25) is 0 Å². The fourth-order valence-corrected chi connectivity index (χ4v) is 3.45. The predicted molar refractivity (Wildman–Crippen MR) is 64.5 cm³/mol. The molecule has 4 rings (SSSR count). The van der Waals surface area contributed by atoms with Gasteiger partial charge < -0.3 is 15.0 Å². The van der Waals surface area contributed by atoms with Crippen molar-refractivity contribution in [2.24, 2.45) is 5.92 Å². The lowest BCUT2D eigenvalue weighted by Gasteiger charge is -2.45. The van der Waals surface area contributed by atoms with Crippen LogP contribution in [0.5, 0.6) is 0 Å². The van der Waals surface area contributed by atoms with E-state index in [0.29, 0.717) is 6.10 Å². The molecule has 92 valence electrons. The summed E-state index contributed by atoms with van der Waals surface area (Å²) in [5.41, 5.74) is 0. The smallest absolute Gasteiger partial charge is 0.0699 e. The van der Waals surface area contributed by atoms with Gasteiger partial charge in [0.1, 0.15) is 0 Å². The predicted octanol–water partition coefficient (Wildman–Crippen LogP) is 1.24. The summed E-state index contributed by atoms with van der Waals surface area (Å²) in [5.74, 6) is 0.939. The van der Waals surface area contributed by atoms with E-state index in [9.17, 15) is 0 Å². The molecule has 2 unspecified atom stereocenters. The lowest BCUT2D eigenvalue weighted by Crippen LogP contribution is -2.57. The summed E-state index contributed by atoms with van der Waals surface area (Å²) in [4.78, 5) is 2.61. The van der Waals surface area contributed by atoms with Gasteiger partial charge in [0, 0.05) is 25.7 Å². The summed E-state index contributed by atoms with van der Waals surface area (Å²) in [6.45, 7) is 6.00. The van der Waals surface area contributed by atoms with E-state index in [2.05, 4.69) is 10.2 Å². The largest absolute Gasteiger partial charge is 0.377 e. The van der Waals surface area contributed by atoms with Crippen LogP contribution in [0.3, 0.4) is 0 Å². The van der Waals surface area contributed by atoms with Gasteiger partial charge in [-0.3, -0.25) is 0 Å². The van der Waals surface area contributed by atoms with Crippen LogP contribution in [-0.2, 0) is 4.74 Å². The first-order valence-electron chi connectivity index (χ1n) is 6.99. The Balaban J connectivity index is 1.44. The third-order valence-corrected chi connectivity index (χ3v) is 4.54. The van der Waals surface area contributed by atoms with Crippen molar-refractivity contribution in [1.82, 2.24) is 10.2 Å². The van der Waals surface area contributed by atoms with Gasteiger partial charge in [-0.05, 0) is 51.1 Å². The number of rotatable bonds is 3. The van der Waals surface area contributed by atoms with Gasteiger partial charge in [-0.2, -0.15) is 0 Å². The molecule has 3 nitrogen and oxygen atoms in total. The molecular formula is C13H24N2O. The summed E-state index contributed by atoms with van der Waals surface area (Å²) in [7, 11) is 0. The summed E-state index contributed by atoms with van der Waals surface area (Å²) in [6.07, 6.45) is 7.17. The highest BCUT2D eigenvalue weighted by molar-refractivity contribution is 4.91. The highest BCUT2D eigenvalue weighted by Gasteiger charge is 2.33. The number of ether oxygens (including phenoxy) is 1. The van der Waals surface area contributed by atoms with E-state index in [4.69, 9.17) is 4.74 Å². The second kappa shape index (κ2) is 5.03. The molecule has 4 fully saturated rings. The Morgan fingerprint density at radius 1 is 1.12 bits per heavy atom. The van der Waals surface area contributed by atoms with Crippen LogP contribution in [0.1, 0.15) is 32.1 Å². The molecule has 4 heterocycles. The van der Waals surface area contributed by atoms with Crippen molar-refractivity contribution < 1.29 is 4.74 Å². The average molecular weight is 224 g/mol. The number of piperidine rings is 3. The van der Waals surface area contributed by atoms with Gasteiger partial charge in [0.05, 0.1) is 6.10 Å². The Kier molecular flexibility index (Phi) is 3.46. The lowest BCUT2D eigenvalue weighted by molar-refractivity contribution is 0.00606. The SMILES string of the molecule is C1CCC(CNC2CN3CCC2CC3)OC1. The van der Waals surface area contributed by atoms with Crippen molar-refractivity contribution in [3.8, 4) is 0 Å². The van der Waals surface area contributed by atoms with E-state index in [1.807, 2.05) is 0 Å². The van der Waals surface area contributed by atoms with Crippen LogP contribution in [0.2, 0.25) is 0 Å². The second-order valence-electron chi connectivity index (χ2n) is 5.64. The number of nitrogens with one attached hydrogen (secondary N) is 1. The molecule has 0 saturated carbocycles. The van der Waals surface area contributed by atoms with E-state index in [1.54, 1.807) is 0 Å². The fourth-order valence-electron chi connectivity index (χ4n) is 3.45. The van der Waals surface area contributed by atoms with Crippen LogP contribution in [0.15, 0.2) is 0 Å². The molecular weight excluding hydrogens is 200 g/mol. The molecule has 3 heteroatoms. The highest BCUT2D eigenvalue weighted by atomic mass is 16.5. The maximum atomic E-state index is 5.77. The second-order valence-corrected chi connectivity index (χ2v) is 5.64. The first kappa shape index (κ1) is 11.0. The Hall–Kier alpha value is -0.120. The third-order valence-electron chi connectivity index (χ3n) is 4.54. The van der Waals surface area contributed by atoms with Crippen molar-refractivity contribution in [3.05, 3.63) is 0 Å².